The molecule has 2 aromatic carbocycles. The first-order valence-electron chi connectivity index (χ1n) is 7.80. The van der Waals surface area contributed by atoms with Crippen LogP contribution in [-0.2, 0) is 17.8 Å². The third-order valence-electron chi connectivity index (χ3n) is 4.39. The van der Waals surface area contributed by atoms with Gasteiger partial charge in [0.15, 0.2) is 0 Å². The fourth-order valence-electron chi connectivity index (χ4n) is 3.28. The highest BCUT2D eigenvalue weighted by Gasteiger charge is 2.23. The van der Waals surface area contributed by atoms with E-state index in [2.05, 4.69) is 11.1 Å². The van der Waals surface area contributed by atoms with Gasteiger partial charge in [-0.25, -0.2) is 4.79 Å². The molecule has 0 bridgehead atoms. The molecule has 116 valence electrons. The second kappa shape index (κ2) is 5.43. The van der Waals surface area contributed by atoms with Crippen LogP contribution in [0.2, 0.25) is 0 Å². The third kappa shape index (κ3) is 2.34. The number of H-pyrrole nitrogens is 1. The van der Waals surface area contributed by atoms with E-state index in [9.17, 15) is 9.59 Å². The van der Waals surface area contributed by atoms with Crippen LogP contribution in [0.4, 0.5) is 5.69 Å². The SMILES string of the molecule is O=C(Cn1c(=O)[nH]c2ccccc21)N1CCCc2ccccc21. The minimum Gasteiger partial charge on any atom is -0.311 e. The molecule has 1 aliphatic rings. The lowest BCUT2D eigenvalue weighted by molar-refractivity contribution is -0.119. The quantitative estimate of drug-likeness (QED) is 0.790. The highest BCUT2D eigenvalue weighted by molar-refractivity contribution is 5.95. The molecule has 0 fully saturated rings. The first kappa shape index (κ1) is 13.8. The predicted octanol–water partition coefficient (Wildman–Crippen LogP) is 2.31. The molecule has 1 amide bonds. The van der Waals surface area contributed by atoms with Gasteiger partial charge >= 0.3 is 5.69 Å². The summed E-state index contributed by atoms with van der Waals surface area (Å²) in [6.07, 6.45) is 1.94. The van der Waals surface area contributed by atoms with Crippen molar-refractivity contribution < 1.29 is 4.79 Å². The molecule has 1 N–H and O–H groups in total. The highest BCUT2D eigenvalue weighted by atomic mass is 16.2. The summed E-state index contributed by atoms with van der Waals surface area (Å²) in [7, 11) is 0. The highest BCUT2D eigenvalue weighted by Crippen LogP contribution is 2.27. The number of aryl methyl sites for hydroxylation is 1. The van der Waals surface area contributed by atoms with Gasteiger partial charge in [0, 0.05) is 12.2 Å². The Morgan fingerprint density at radius 1 is 1.09 bits per heavy atom. The van der Waals surface area contributed by atoms with Crippen molar-refractivity contribution in [3.63, 3.8) is 0 Å². The van der Waals surface area contributed by atoms with E-state index in [0.717, 1.165) is 29.6 Å². The van der Waals surface area contributed by atoms with Gasteiger partial charge in [-0.05, 0) is 36.6 Å². The molecule has 23 heavy (non-hydrogen) atoms. The van der Waals surface area contributed by atoms with Gasteiger partial charge in [0.05, 0.1) is 11.0 Å². The topological polar surface area (TPSA) is 58.1 Å². The minimum atomic E-state index is -0.246. The maximum absolute atomic E-state index is 12.8. The van der Waals surface area contributed by atoms with Crippen LogP contribution in [0.1, 0.15) is 12.0 Å². The molecule has 1 aliphatic heterocycles. The summed E-state index contributed by atoms with van der Waals surface area (Å²) in [4.78, 5) is 29.5. The van der Waals surface area contributed by atoms with Gasteiger partial charge < -0.3 is 9.88 Å². The standard InChI is InChI=1S/C18H17N3O2/c22-17(20-11-5-7-13-6-1-3-9-15(13)20)12-21-16-10-4-2-8-14(16)19-18(21)23/h1-4,6,8-10H,5,7,11-12H2,(H,19,23). The van der Waals surface area contributed by atoms with Crippen molar-refractivity contribution in [2.75, 3.05) is 11.4 Å². The normalized spacial score (nSPS) is 14.0. The van der Waals surface area contributed by atoms with Crippen molar-refractivity contribution in [1.29, 1.82) is 0 Å². The number of aromatic amines is 1. The van der Waals surface area contributed by atoms with E-state index in [1.165, 1.54) is 10.1 Å². The molecule has 0 saturated carbocycles. The van der Waals surface area contributed by atoms with Gasteiger partial charge in [0.25, 0.3) is 0 Å². The number of para-hydroxylation sites is 3. The van der Waals surface area contributed by atoms with Gasteiger partial charge in [-0.15, -0.1) is 0 Å². The zero-order valence-corrected chi connectivity index (χ0v) is 12.7. The van der Waals surface area contributed by atoms with Gasteiger partial charge in [-0.1, -0.05) is 30.3 Å². The lowest BCUT2D eigenvalue weighted by atomic mass is 10.0. The Morgan fingerprint density at radius 3 is 2.78 bits per heavy atom. The van der Waals surface area contributed by atoms with Gasteiger partial charge in [0.1, 0.15) is 6.54 Å². The van der Waals surface area contributed by atoms with E-state index in [0.29, 0.717) is 6.54 Å². The summed E-state index contributed by atoms with van der Waals surface area (Å²) in [5.41, 5.74) is 3.43. The molecule has 0 atom stereocenters. The molecule has 0 saturated heterocycles. The Balaban J connectivity index is 1.68. The number of benzene rings is 2. The Hall–Kier alpha value is -2.82. The Labute approximate surface area is 133 Å². The number of carbonyl (C=O) groups excluding carboxylic acids is 1. The van der Waals surface area contributed by atoms with Crippen LogP contribution in [0, 0.1) is 0 Å². The summed E-state index contributed by atoms with van der Waals surface area (Å²) < 4.78 is 1.51. The fourth-order valence-corrected chi connectivity index (χ4v) is 3.28. The number of amides is 1. The van der Waals surface area contributed by atoms with Crippen molar-refractivity contribution in [2.24, 2.45) is 0 Å². The molecule has 3 aromatic rings. The number of fused-ring (bicyclic) bond motifs is 2. The van der Waals surface area contributed by atoms with E-state index in [4.69, 9.17) is 0 Å². The zero-order valence-electron chi connectivity index (χ0n) is 12.7. The van der Waals surface area contributed by atoms with Crippen LogP contribution in [0.15, 0.2) is 53.3 Å². The van der Waals surface area contributed by atoms with Crippen molar-refractivity contribution in [1.82, 2.24) is 9.55 Å². The number of rotatable bonds is 2. The van der Waals surface area contributed by atoms with Crippen LogP contribution in [-0.4, -0.2) is 22.0 Å². The number of imidazole rings is 1. The molecule has 0 spiro atoms. The molecular weight excluding hydrogens is 290 g/mol. The van der Waals surface area contributed by atoms with Crippen LogP contribution < -0.4 is 10.6 Å². The maximum atomic E-state index is 12.8. The number of hydrogen-bond acceptors (Lipinski definition) is 2. The molecule has 0 unspecified atom stereocenters. The number of aromatic nitrogens is 2. The molecular formula is C18H17N3O2. The van der Waals surface area contributed by atoms with Gasteiger partial charge in [0.2, 0.25) is 5.91 Å². The fraction of sp³-hybridized carbons (Fsp3) is 0.222. The Morgan fingerprint density at radius 2 is 1.87 bits per heavy atom. The summed E-state index contributed by atoms with van der Waals surface area (Å²) in [5, 5.41) is 0. The smallest absolute Gasteiger partial charge is 0.311 e. The number of nitrogens with zero attached hydrogens (tertiary/aromatic N) is 2. The van der Waals surface area contributed by atoms with E-state index in [-0.39, 0.29) is 18.1 Å². The monoisotopic (exact) mass is 307 g/mol. The van der Waals surface area contributed by atoms with Crippen molar-refractivity contribution in [2.45, 2.75) is 19.4 Å². The molecule has 2 heterocycles. The lowest BCUT2D eigenvalue weighted by Gasteiger charge is -2.29. The number of nitrogens with one attached hydrogen (secondary N) is 1. The van der Waals surface area contributed by atoms with Gasteiger partial charge in [-0.3, -0.25) is 9.36 Å². The Kier molecular flexibility index (Phi) is 3.26. The molecule has 4 rings (SSSR count). The first-order valence-corrected chi connectivity index (χ1v) is 7.80. The first-order chi connectivity index (χ1) is 11.2. The summed E-state index contributed by atoms with van der Waals surface area (Å²) >= 11 is 0. The number of hydrogen-bond donors (Lipinski definition) is 1. The van der Waals surface area contributed by atoms with Crippen LogP contribution in [0.5, 0.6) is 0 Å². The molecule has 0 aliphatic carbocycles. The maximum Gasteiger partial charge on any atom is 0.326 e. The molecule has 5 heteroatoms. The van der Waals surface area contributed by atoms with Crippen molar-refractivity contribution in [3.8, 4) is 0 Å². The molecule has 1 aromatic heterocycles. The summed E-state index contributed by atoms with van der Waals surface area (Å²) in [6.45, 7) is 0.754. The van der Waals surface area contributed by atoms with E-state index in [1.54, 1.807) is 4.90 Å². The van der Waals surface area contributed by atoms with Crippen LogP contribution in [0.3, 0.4) is 0 Å². The second-order valence-corrected chi connectivity index (χ2v) is 5.81. The van der Waals surface area contributed by atoms with E-state index >= 15 is 0 Å². The largest absolute Gasteiger partial charge is 0.326 e. The molecule has 0 radical (unpaired) electrons. The van der Waals surface area contributed by atoms with Crippen molar-refractivity contribution in [3.05, 3.63) is 64.6 Å². The summed E-state index contributed by atoms with van der Waals surface area (Å²) in [6, 6.07) is 15.4. The second-order valence-electron chi connectivity index (χ2n) is 5.81. The average molecular weight is 307 g/mol. The van der Waals surface area contributed by atoms with E-state index < -0.39 is 0 Å². The zero-order chi connectivity index (χ0) is 15.8. The van der Waals surface area contributed by atoms with Crippen LogP contribution in [0.25, 0.3) is 11.0 Å². The third-order valence-corrected chi connectivity index (χ3v) is 4.39. The number of anilines is 1. The van der Waals surface area contributed by atoms with E-state index in [1.807, 2.05) is 42.5 Å². The van der Waals surface area contributed by atoms with Crippen molar-refractivity contribution >= 4 is 22.6 Å². The number of carbonyl (C=O) groups is 1. The predicted molar refractivity (Wildman–Crippen MR) is 89.7 cm³/mol. The average Bonchev–Trinajstić information content (AvgIpc) is 2.90. The van der Waals surface area contributed by atoms with Crippen LogP contribution >= 0.6 is 0 Å². The Bertz CT molecular complexity index is 939. The minimum absolute atomic E-state index is 0.0518. The van der Waals surface area contributed by atoms with Gasteiger partial charge in [-0.2, -0.15) is 0 Å². The molecule has 5 nitrogen and oxygen atoms in total. The summed E-state index contributed by atoms with van der Waals surface area (Å²) in [5.74, 6) is -0.0518. The lowest BCUT2D eigenvalue weighted by Crippen LogP contribution is -2.39.